The molecule has 0 aliphatic carbocycles. The number of likely N-dealkylation sites (tertiary alicyclic amines) is 1. The van der Waals surface area contributed by atoms with Crippen LogP contribution < -0.4 is 5.32 Å². The van der Waals surface area contributed by atoms with E-state index in [4.69, 9.17) is 0 Å². The van der Waals surface area contributed by atoms with Gasteiger partial charge in [0.1, 0.15) is 0 Å². The van der Waals surface area contributed by atoms with Crippen molar-refractivity contribution in [3.63, 3.8) is 0 Å². The number of hydrogen-bond donors (Lipinski definition) is 1. The molecule has 1 fully saturated rings. The number of aryl methyl sites for hydroxylation is 3. The van der Waals surface area contributed by atoms with Crippen molar-refractivity contribution in [1.29, 1.82) is 0 Å². The second kappa shape index (κ2) is 6.61. The highest BCUT2D eigenvalue weighted by molar-refractivity contribution is 5.96. The summed E-state index contributed by atoms with van der Waals surface area (Å²) in [5, 5.41) is 3.18. The smallest absolute Gasteiger partial charge is 0.241 e. The monoisotopic (exact) mass is 288 g/mol. The summed E-state index contributed by atoms with van der Waals surface area (Å²) in [7, 11) is 0. The molecule has 0 aromatic heterocycles. The number of nitrogens with one attached hydrogen (secondary N) is 1. The second-order valence-electron chi connectivity index (χ2n) is 6.42. The summed E-state index contributed by atoms with van der Waals surface area (Å²) in [6.45, 7) is 11.7. The van der Waals surface area contributed by atoms with Gasteiger partial charge in [-0.15, -0.1) is 0 Å². The zero-order valence-electron chi connectivity index (χ0n) is 14.0. The molecule has 0 unspecified atom stereocenters. The maximum absolute atomic E-state index is 12.7. The standard InChI is InChI=1S/C18H28N2O/c1-6-15(5)20-9-7-8-16(20)18(21)19-17-13(3)10-12(2)11-14(17)4/h10-11,15-16H,6-9H2,1-5H3,(H,19,21)/t15-,16-/m0/s1. The molecule has 1 aromatic rings. The van der Waals surface area contributed by atoms with Gasteiger partial charge >= 0.3 is 0 Å². The van der Waals surface area contributed by atoms with Crippen molar-refractivity contribution >= 4 is 11.6 Å². The fourth-order valence-electron chi connectivity index (χ4n) is 3.42. The first-order valence-electron chi connectivity index (χ1n) is 8.08. The summed E-state index contributed by atoms with van der Waals surface area (Å²) >= 11 is 0. The first-order chi connectivity index (χ1) is 9.93. The van der Waals surface area contributed by atoms with Gasteiger partial charge in [0.2, 0.25) is 5.91 Å². The number of carbonyl (C=O) groups is 1. The van der Waals surface area contributed by atoms with Crippen LogP contribution in [0.2, 0.25) is 0 Å². The predicted octanol–water partition coefficient (Wildman–Crippen LogP) is 3.81. The molecule has 1 aliphatic heterocycles. The molecule has 1 heterocycles. The zero-order chi connectivity index (χ0) is 15.6. The van der Waals surface area contributed by atoms with E-state index in [2.05, 4.69) is 57.0 Å². The third-order valence-electron chi connectivity index (χ3n) is 4.68. The van der Waals surface area contributed by atoms with Crippen LogP contribution in [0.3, 0.4) is 0 Å². The quantitative estimate of drug-likeness (QED) is 0.913. The molecule has 0 bridgehead atoms. The molecule has 1 saturated heterocycles. The molecule has 2 rings (SSSR count). The van der Waals surface area contributed by atoms with Gasteiger partial charge < -0.3 is 5.32 Å². The van der Waals surface area contributed by atoms with Crippen LogP contribution in [0.25, 0.3) is 0 Å². The average Bonchev–Trinajstić information content (AvgIpc) is 2.91. The molecular weight excluding hydrogens is 260 g/mol. The minimum atomic E-state index is 0.0278. The van der Waals surface area contributed by atoms with E-state index in [0.29, 0.717) is 6.04 Å². The Balaban J connectivity index is 2.15. The van der Waals surface area contributed by atoms with Crippen LogP contribution in [0, 0.1) is 20.8 Å². The van der Waals surface area contributed by atoms with Crippen molar-refractivity contribution in [2.75, 3.05) is 11.9 Å². The third-order valence-corrected chi connectivity index (χ3v) is 4.68. The molecule has 0 radical (unpaired) electrons. The number of hydrogen-bond acceptors (Lipinski definition) is 2. The third kappa shape index (κ3) is 3.46. The van der Waals surface area contributed by atoms with Gasteiger partial charge in [0.25, 0.3) is 0 Å². The van der Waals surface area contributed by atoms with Crippen molar-refractivity contribution < 1.29 is 4.79 Å². The van der Waals surface area contributed by atoms with Crippen LogP contribution in [0.5, 0.6) is 0 Å². The minimum Gasteiger partial charge on any atom is -0.324 e. The molecule has 1 N–H and O–H groups in total. The van der Waals surface area contributed by atoms with Gasteiger partial charge in [-0.1, -0.05) is 24.6 Å². The van der Waals surface area contributed by atoms with E-state index in [0.717, 1.165) is 42.6 Å². The topological polar surface area (TPSA) is 32.3 Å². The van der Waals surface area contributed by atoms with E-state index in [9.17, 15) is 4.79 Å². The van der Waals surface area contributed by atoms with Crippen molar-refractivity contribution in [2.24, 2.45) is 0 Å². The predicted molar refractivity (Wildman–Crippen MR) is 88.8 cm³/mol. The molecule has 1 amide bonds. The lowest BCUT2D eigenvalue weighted by molar-refractivity contribution is -0.121. The Kier molecular flexibility index (Phi) is 5.04. The van der Waals surface area contributed by atoms with Gasteiger partial charge in [-0.25, -0.2) is 0 Å². The van der Waals surface area contributed by atoms with Gasteiger partial charge in [-0.2, -0.15) is 0 Å². The molecule has 1 aromatic carbocycles. The maximum atomic E-state index is 12.7. The number of nitrogens with zero attached hydrogens (tertiary/aromatic N) is 1. The lowest BCUT2D eigenvalue weighted by atomic mass is 10.0. The SMILES string of the molecule is CC[C@H](C)N1CCC[C@H]1C(=O)Nc1c(C)cc(C)cc1C. The van der Waals surface area contributed by atoms with Gasteiger partial charge in [0.05, 0.1) is 6.04 Å². The minimum absolute atomic E-state index is 0.0278. The zero-order valence-corrected chi connectivity index (χ0v) is 14.0. The summed E-state index contributed by atoms with van der Waals surface area (Å²) in [4.78, 5) is 15.0. The molecule has 3 nitrogen and oxygen atoms in total. The Morgan fingerprint density at radius 2 is 1.95 bits per heavy atom. The number of benzene rings is 1. The fraction of sp³-hybridized carbons (Fsp3) is 0.611. The highest BCUT2D eigenvalue weighted by atomic mass is 16.2. The van der Waals surface area contributed by atoms with Gasteiger partial charge in [0, 0.05) is 11.7 Å². The van der Waals surface area contributed by atoms with Crippen molar-refractivity contribution in [1.82, 2.24) is 4.90 Å². The molecule has 0 saturated carbocycles. The molecule has 0 spiro atoms. The first kappa shape index (κ1) is 16.0. The summed E-state index contributed by atoms with van der Waals surface area (Å²) in [6, 6.07) is 4.76. The summed E-state index contributed by atoms with van der Waals surface area (Å²) in [5.41, 5.74) is 4.52. The fourth-order valence-corrected chi connectivity index (χ4v) is 3.42. The molecule has 116 valence electrons. The highest BCUT2D eigenvalue weighted by Gasteiger charge is 2.33. The summed E-state index contributed by atoms with van der Waals surface area (Å²) in [6.07, 6.45) is 3.18. The van der Waals surface area contributed by atoms with Crippen LogP contribution in [0.1, 0.15) is 49.8 Å². The number of carbonyl (C=O) groups excluding carboxylic acids is 1. The second-order valence-corrected chi connectivity index (χ2v) is 6.42. The first-order valence-corrected chi connectivity index (χ1v) is 8.08. The number of amides is 1. The lowest BCUT2D eigenvalue weighted by Gasteiger charge is -2.29. The van der Waals surface area contributed by atoms with Gasteiger partial charge in [-0.3, -0.25) is 9.69 Å². The van der Waals surface area contributed by atoms with Crippen LogP contribution in [-0.2, 0) is 4.79 Å². The Morgan fingerprint density at radius 1 is 1.33 bits per heavy atom. The van der Waals surface area contributed by atoms with E-state index >= 15 is 0 Å². The van der Waals surface area contributed by atoms with Crippen molar-refractivity contribution in [2.45, 2.75) is 66.0 Å². The Hall–Kier alpha value is -1.35. The van der Waals surface area contributed by atoms with E-state index in [1.165, 1.54) is 5.56 Å². The van der Waals surface area contributed by atoms with Gasteiger partial charge in [0.15, 0.2) is 0 Å². The molecule has 1 aliphatic rings. The van der Waals surface area contributed by atoms with Crippen LogP contribution in [-0.4, -0.2) is 29.4 Å². The van der Waals surface area contributed by atoms with E-state index in [1.54, 1.807) is 0 Å². The van der Waals surface area contributed by atoms with Crippen molar-refractivity contribution in [3.05, 3.63) is 28.8 Å². The molecule has 21 heavy (non-hydrogen) atoms. The Bertz CT molecular complexity index is 501. The number of anilines is 1. The van der Waals surface area contributed by atoms with Crippen LogP contribution in [0.15, 0.2) is 12.1 Å². The molecule has 3 heteroatoms. The number of rotatable bonds is 4. The summed E-state index contributed by atoms with van der Waals surface area (Å²) in [5.74, 6) is 0.155. The van der Waals surface area contributed by atoms with Crippen LogP contribution >= 0.6 is 0 Å². The largest absolute Gasteiger partial charge is 0.324 e. The van der Waals surface area contributed by atoms with E-state index < -0.39 is 0 Å². The van der Waals surface area contributed by atoms with E-state index in [1.807, 2.05) is 0 Å². The maximum Gasteiger partial charge on any atom is 0.241 e. The van der Waals surface area contributed by atoms with Crippen LogP contribution in [0.4, 0.5) is 5.69 Å². The van der Waals surface area contributed by atoms with Crippen molar-refractivity contribution in [3.8, 4) is 0 Å². The molecule has 2 atom stereocenters. The van der Waals surface area contributed by atoms with Gasteiger partial charge in [-0.05, 0) is 64.6 Å². The van der Waals surface area contributed by atoms with E-state index in [-0.39, 0.29) is 11.9 Å². The average molecular weight is 288 g/mol. The molecular formula is C18H28N2O. The lowest BCUT2D eigenvalue weighted by Crippen LogP contribution is -2.44. The normalized spacial score (nSPS) is 20.5. The highest BCUT2D eigenvalue weighted by Crippen LogP contribution is 2.26. The summed E-state index contributed by atoms with van der Waals surface area (Å²) < 4.78 is 0. The Labute approximate surface area is 128 Å². The Morgan fingerprint density at radius 3 is 2.52 bits per heavy atom.